The summed E-state index contributed by atoms with van der Waals surface area (Å²) in [6.07, 6.45) is -1.37. The minimum absolute atomic E-state index is 0.00335. The zero-order chi connectivity index (χ0) is 23.6. The van der Waals surface area contributed by atoms with Crippen LogP contribution in [0.3, 0.4) is 0 Å². The van der Waals surface area contributed by atoms with Crippen LogP contribution in [-0.2, 0) is 16.4 Å². The maximum Gasteiger partial charge on any atom is 0.272 e. The normalized spacial score (nSPS) is 15.4. The van der Waals surface area contributed by atoms with Gasteiger partial charge in [-0.3, -0.25) is 0 Å². The van der Waals surface area contributed by atoms with E-state index >= 15 is 0 Å². The van der Waals surface area contributed by atoms with Crippen molar-refractivity contribution < 1.29 is 26.5 Å². The number of hydrogen-bond donors (Lipinski definition) is 1. The second-order valence-corrected chi connectivity index (χ2v) is 9.48. The van der Waals surface area contributed by atoms with E-state index in [1.165, 1.54) is 12.1 Å². The van der Waals surface area contributed by atoms with Gasteiger partial charge >= 0.3 is 0 Å². The van der Waals surface area contributed by atoms with Crippen molar-refractivity contribution >= 4 is 10.0 Å². The molecule has 3 aromatic rings. The van der Waals surface area contributed by atoms with Gasteiger partial charge in [-0.05, 0) is 49.1 Å². The van der Waals surface area contributed by atoms with Crippen molar-refractivity contribution in [2.24, 2.45) is 0 Å². The molecule has 2 aromatic carbocycles. The van der Waals surface area contributed by atoms with Crippen LogP contribution in [0, 0.1) is 11.3 Å². The summed E-state index contributed by atoms with van der Waals surface area (Å²) in [5.74, 6) is 0.532. The fourth-order valence-electron chi connectivity index (χ4n) is 3.77. The minimum atomic E-state index is -3.35. The molecule has 0 radical (unpaired) electrons. The average Bonchev–Trinajstić information content (AvgIpc) is 3.45. The van der Waals surface area contributed by atoms with Crippen LogP contribution in [0.2, 0.25) is 0 Å². The third-order valence-corrected chi connectivity index (χ3v) is 6.75. The fourth-order valence-corrected chi connectivity index (χ4v) is 4.61. The van der Waals surface area contributed by atoms with E-state index in [0.29, 0.717) is 24.2 Å². The number of halogens is 2. The first-order valence-electron chi connectivity index (χ1n) is 10.2. The molecular weight excluding hydrogens is 454 g/mol. The Morgan fingerprint density at radius 3 is 2.88 bits per heavy atom. The van der Waals surface area contributed by atoms with Gasteiger partial charge in [0.15, 0.2) is 0 Å². The molecule has 1 N–H and O–H groups in total. The lowest BCUT2D eigenvalue weighted by Crippen LogP contribution is -2.28. The number of nitriles is 1. The van der Waals surface area contributed by atoms with E-state index in [4.69, 9.17) is 9.26 Å². The van der Waals surface area contributed by atoms with E-state index in [1.807, 2.05) is 24.3 Å². The Morgan fingerprint density at radius 1 is 1.33 bits per heavy atom. The standard InChI is InChI=1S/C22H20F2N4O4S/c1-2-33(29,30)28-18-8-7-15-16(18)4-3-5-17(15)21-26-22(32-27-21)13-6-9-19(14(10-13)11-25)31-12-20(23)24/h3-6,9-10,18,20,28H,2,7-8,12H2,1H3/t18-/m1/s1. The van der Waals surface area contributed by atoms with Gasteiger partial charge in [-0.2, -0.15) is 10.2 Å². The monoisotopic (exact) mass is 474 g/mol. The SMILES string of the molecule is CCS(=O)(=O)N[C@@H]1CCc2c(-c3noc(-c4ccc(OCC(F)F)c(C#N)c4)n3)cccc21. The number of sulfonamides is 1. The number of rotatable bonds is 8. The van der Waals surface area contributed by atoms with E-state index in [0.717, 1.165) is 16.7 Å². The van der Waals surface area contributed by atoms with Crippen molar-refractivity contribution in [1.29, 1.82) is 5.26 Å². The molecule has 8 nitrogen and oxygen atoms in total. The highest BCUT2D eigenvalue weighted by Crippen LogP contribution is 2.38. The molecule has 4 rings (SSSR count). The van der Waals surface area contributed by atoms with Crippen molar-refractivity contribution in [3.05, 3.63) is 53.1 Å². The molecule has 11 heteroatoms. The summed E-state index contributed by atoms with van der Waals surface area (Å²) in [6, 6.07) is 11.5. The molecule has 1 heterocycles. The van der Waals surface area contributed by atoms with Gasteiger partial charge in [0.05, 0.1) is 11.3 Å². The molecule has 0 fully saturated rings. The quantitative estimate of drug-likeness (QED) is 0.527. The van der Waals surface area contributed by atoms with E-state index < -0.39 is 23.1 Å². The van der Waals surface area contributed by atoms with E-state index in [-0.39, 0.29) is 29.0 Å². The van der Waals surface area contributed by atoms with E-state index in [1.54, 1.807) is 13.0 Å². The number of alkyl halides is 2. The maximum absolute atomic E-state index is 12.4. The molecular formula is C22H20F2N4O4S. The minimum Gasteiger partial charge on any atom is -0.486 e. The molecule has 0 bridgehead atoms. The van der Waals surface area contributed by atoms with Gasteiger partial charge < -0.3 is 9.26 Å². The second-order valence-electron chi connectivity index (χ2n) is 7.43. The number of fused-ring (bicyclic) bond motifs is 1. The number of nitrogens with one attached hydrogen (secondary N) is 1. The third kappa shape index (κ3) is 4.86. The van der Waals surface area contributed by atoms with Gasteiger partial charge in [0.1, 0.15) is 18.4 Å². The van der Waals surface area contributed by atoms with Crippen molar-refractivity contribution in [3.8, 4) is 34.7 Å². The summed E-state index contributed by atoms with van der Waals surface area (Å²) in [6.45, 7) is 0.776. The Hall–Kier alpha value is -3.36. The fraction of sp³-hybridized carbons (Fsp3) is 0.318. The molecule has 1 aliphatic rings. The molecule has 0 amide bonds. The molecule has 0 saturated heterocycles. The van der Waals surface area contributed by atoms with Crippen LogP contribution < -0.4 is 9.46 Å². The van der Waals surface area contributed by atoms with Gasteiger partial charge in [0, 0.05) is 17.2 Å². The van der Waals surface area contributed by atoms with Crippen LogP contribution in [0.4, 0.5) is 8.78 Å². The number of benzene rings is 2. The average molecular weight is 474 g/mol. The smallest absolute Gasteiger partial charge is 0.272 e. The second kappa shape index (κ2) is 9.25. The number of nitrogens with zero attached hydrogens (tertiary/aromatic N) is 3. The Labute approximate surface area is 189 Å². The Balaban J connectivity index is 1.62. The molecule has 33 heavy (non-hydrogen) atoms. The van der Waals surface area contributed by atoms with Crippen LogP contribution in [0.15, 0.2) is 40.9 Å². The highest BCUT2D eigenvalue weighted by atomic mass is 32.2. The number of ether oxygens (including phenoxy) is 1. The predicted molar refractivity (Wildman–Crippen MR) is 115 cm³/mol. The summed E-state index contributed by atoms with van der Waals surface area (Å²) in [5.41, 5.74) is 3.07. The van der Waals surface area contributed by atoms with Gasteiger partial charge in [-0.25, -0.2) is 21.9 Å². The third-order valence-electron chi connectivity index (χ3n) is 5.35. The van der Waals surface area contributed by atoms with Crippen molar-refractivity contribution in [3.63, 3.8) is 0 Å². The van der Waals surface area contributed by atoms with Crippen LogP contribution >= 0.6 is 0 Å². The Morgan fingerprint density at radius 2 is 2.15 bits per heavy atom. The maximum atomic E-state index is 12.4. The molecule has 1 atom stereocenters. The lowest BCUT2D eigenvalue weighted by atomic mass is 10.0. The van der Waals surface area contributed by atoms with Crippen molar-refractivity contribution in [2.45, 2.75) is 32.2 Å². The highest BCUT2D eigenvalue weighted by molar-refractivity contribution is 7.89. The zero-order valence-electron chi connectivity index (χ0n) is 17.6. The largest absolute Gasteiger partial charge is 0.486 e. The van der Waals surface area contributed by atoms with Crippen molar-refractivity contribution in [2.75, 3.05) is 12.4 Å². The van der Waals surface area contributed by atoms with Crippen LogP contribution in [0.5, 0.6) is 5.75 Å². The molecule has 0 unspecified atom stereocenters. The first-order valence-corrected chi connectivity index (χ1v) is 11.9. The summed E-state index contributed by atoms with van der Waals surface area (Å²) in [4.78, 5) is 4.44. The summed E-state index contributed by atoms with van der Waals surface area (Å²) in [5, 5.41) is 13.4. The molecule has 172 valence electrons. The first-order chi connectivity index (χ1) is 15.8. The Kier molecular flexibility index (Phi) is 6.40. The Bertz CT molecular complexity index is 1320. The first kappa shape index (κ1) is 22.8. The molecule has 1 aromatic heterocycles. The molecule has 0 saturated carbocycles. The lowest BCUT2D eigenvalue weighted by Gasteiger charge is -2.14. The van der Waals surface area contributed by atoms with Gasteiger partial charge in [0.2, 0.25) is 15.8 Å². The summed E-state index contributed by atoms with van der Waals surface area (Å²) < 4.78 is 61.9. The van der Waals surface area contributed by atoms with Gasteiger partial charge in [-0.15, -0.1) is 0 Å². The van der Waals surface area contributed by atoms with Crippen molar-refractivity contribution in [1.82, 2.24) is 14.9 Å². The molecule has 0 aliphatic heterocycles. The zero-order valence-corrected chi connectivity index (χ0v) is 18.4. The highest BCUT2D eigenvalue weighted by Gasteiger charge is 2.29. The van der Waals surface area contributed by atoms with Gasteiger partial charge in [-0.1, -0.05) is 23.4 Å². The molecule has 0 spiro atoms. The summed E-state index contributed by atoms with van der Waals surface area (Å²) >= 11 is 0. The summed E-state index contributed by atoms with van der Waals surface area (Å²) in [7, 11) is -3.35. The van der Waals surface area contributed by atoms with Crippen LogP contribution in [0.1, 0.15) is 36.1 Å². The number of hydrogen-bond acceptors (Lipinski definition) is 7. The number of aromatic nitrogens is 2. The van der Waals surface area contributed by atoms with E-state index in [9.17, 15) is 22.5 Å². The van der Waals surface area contributed by atoms with Crippen LogP contribution in [-0.4, -0.2) is 37.3 Å². The van der Waals surface area contributed by atoms with Gasteiger partial charge in [0.25, 0.3) is 12.3 Å². The van der Waals surface area contributed by atoms with Crippen LogP contribution in [0.25, 0.3) is 22.8 Å². The lowest BCUT2D eigenvalue weighted by molar-refractivity contribution is 0.0818. The topological polar surface area (TPSA) is 118 Å². The van der Waals surface area contributed by atoms with E-state index in [2.05, 4.69) is 14.9 Å². The molecule has 1 aliphatic carbocycles. The predicted octanol–water partition coefficient (Wildman–Crippen LogP) is 3.85.